The Morgan fingerprint density at radius 3 is 2.88 bits per heavy atom. The summed E-state index contributed by atoms with van der Waals surface area (Å²) in [6.45, 7) is 3.27. The van der Waals surface area contributed by atoms with E-state index in [0.717, 1.165) is 24.6 Å². The summed E-state index contributed by atoms with van der Waals surface area (Å²) in [5.74, 6) is 2.02. The van der Waals surface area contributed by atoms with Crippen LogP contribution < -0.4 is 10.1 Å². The van der Waals surface area contributed by atoms with E-state index in [2.05, 4.69) is 30.4 Å². The van der Waals surface area contributed by atoms with E-state index in [1.54, 1.807) is 0 Å². The maximum atomic E-state index is 5.94. The maximum Gasteiger partial charge on any atom is 0.123 e. The van der Waals surface area contributed by atoms with E-state index in [1.165, 1.54) is 24.8 Å². The standard InChI is InChI=1S/C15H21NO/c1-2-14(11-7-8-11)16-10-13-9-12-5-3-4-6-15(12)17-13/h3-6,11,13-14,16H,2,7-10H2,1H3. The number of nitrogens with one attached hydrogen (secondary N) is 1. The van der Waals surface area contributed by atoms with Crippen molar-refractivity contribution in [2.45, 2.75) is 44.8 Å². The second kappa shape index (κ2) is 4.69. The Kier molecular flexibility index (Phi) is 3.06. The fourth-order valence-corrected chi connectivity index (χ4v) is 2.79. The highest BCUT2D eigenvalue weighted by molar-refractivity contribution is 5.37. The Balaban J connectivity index is 1.51. The lowest BCUT2D eigenvalue weighted by Crippen LogP contribution is -2.38. The van der Waals surface area contributed by atoms with E-state index in [9.17, 15) is 0 Å². The van der Waals surface area contributed by atoms with Crippen LogP contribution in [0.15, 0.2) is 24.3 Å². The second-order valence-electron chi connectivity index (χ2n) is 5.31. The fourth-order valence-electron chi connectivity index (χ4n) is 2.79. The largest absolute Gasteiger partial charge is 0.488 e. The molecule has 1 fully saturated rings. The van der Waals surface area contributed by atoms with Gasteiger partial charge >= 0.3 is 0 Å². The molecule has 92 valence electrons. The van der Waals surface area contributed by atoms with Gasteiger partial charge < -0.3 is 10.1 Å². The summed E-state index contributed by atoms with van der Waals surface area (Å²) in [5, 5.41) is 3.68. The van der Waals surface area contributed by atoms with Crippen LogP contribution in [0.5, 0.6) is 5.75 Å². The lowest BCUT2D eigenvalue weighted by atomic mass is 10.1. The summed E-state index contributed by atoms with van der Waals surface area (Å²) >= 11 is 0. The van der Waals surface area contributed by atoms with Crippen molar-refractivity contribution >= 4 is 0 Å². The molecule has 1 aliphatic carbocycles. The predicted octanol–water partition coefficient (Wildman–Crippen LogP) is 2.77. The van der Waals surface area contributed by atoms with Gasteiger partial charge in [-0.05, 0) is 36.8 Å². The number of benzene rings is 1. The molecular weight excluding hydrogens is 210 g/mol. The molecule has 1 aliphatic heterocycles. The summed E-state index contributed by atoms with van der Waals surface area (Å²) in [6, 6.07) is 9.11. The molecule has 0 aromatic heterocycles. The molecule has 0 amide bonds. The highest BCUT2D eigenvalue weighted by Crippen LogP contribution is 2.34. The predicted molar refractivity (Wildman–Crippen MR) is 69.4 cm³/mol. The number of para-hydroxylation sites is 1. The zero-order valence-electron chi connectivity index (χ0n) is 10.5. The maximum absolute atomic E-state index is 5.94. The van der Waals surface area contributed by atoms with Gasteiger partial charge in [0.05, 0.1) is 0 Å². The van der Waals surface area contributed by atoms with Crippen LogP contribution in [0.25, 0.3) is 0 Å². The topological polar surface area (TPSA) is 21.3 Å². The Morgan fingerprint density at radius 1 is 1.35 bits per heavy atom. The first-order chi connectivity index (χ1) is 8.36. The number of fused-ring (bicyclic) bond motifs is 1. The SMILES string of the molecule is CCC(NCC1Cc2ccccc2O1)C1CC1. The van der Waals surface area contributed by atoms with Crippen molar-refractivity contribution in [2.24, 2.45) is 5.92 Å². The minimum Gasteiger partial charge on any atom is -0.488 e. The van der Waals surface area contributed by atoms with Gasteiger partial charge in [-0.15, -0.1) is 0 Å². The van der Waals surface area contributed by atoms with Gasteiger partial charge in [0.25, 0.3) is 0 Å². The molecule has 1 aromatic carbocycles. The first-order valence-corrected chi connectivity index (χ1v) is 6.84. The van der Waals surface area contributed by atoms with E-state index in [1.807, 2.05) is 6.07 Å². The average Bonchev–Trinajstić information content (AvgIpc) is 3.09. The van der Waals surface area contributed by atoms with E-state index in [0.29, 0.717) is 12.1 Å². The Labute approximate surface area is 103 Å². The zero-order chi connectivity index (χ0) is 11.7. The molecule has 1 aromatic rings. The van der Waals surface area contributed by atoms with Crippen LogP contribution >= 0.6 is 0 Å². The molecule has 0 saturated heterocycles. The minimum atomic E-state index is 0.334. The monoisotopic (exact) mass is 231 g/mol. The smallest absolute Gasteiger partial charge is 0.123 e. The molecule has 0 radical (unpaired) electrons. The molecule has 2 aliphatic rings. The van der Waals surface area contributed by atoms with Crippen molar-refractivity contribution in [3.63, 3.8) is 0 Å². The molecule has 2 unspecified atom stereocenters. The average molecular weight is 231 g/mol. The van der Waals surface area contributed by atoms with Gasteiger partial charge in [-0.25, -0.2) is 0 Å². The third-order valence-corrected chi connectivity index (χ3v) is 3.95. The summed E-state index contributed by atoms with van der Waals surface area (Å²) in [5.41, 5.74) is 1.36. The van der Waals surface area contributed by atoms with Gasteiger partial charge in [0.15, 0.2) is 0 Å². The van der Waals surface area contributed by atoms with E-state index in [-0.39, 0.29) is 0 Å². The van der Waals surface area contributed by atoms with Crippen LogP contribution in [0.2, 0.25) is 0 Å². The molecule has 0 spiro atoms. The van der Waals surface area contributed by atoms with Crippen molar-refractivity contribution in [3.05, 3.63) is 29.8 Å². The Morgan fingerprint density at radius 2 is 2.18 bits per heavy atom. The van der Waals surface area contributed by atoms with Gasteiger partial charge in [0, 0.05) is 19.0 Å². The first kappa shape index (κ1) is 11.1. The van der Waals surface area contributed by atoms with E-state index < -0.39 is 0 Å². The molecule has 1 saturated carbocycles. The summed E-state index contributed by atoms with van der Waals surface area (Å²) in [6.07, 6.45) is 5.46. The molecule has 2 heteroatoms. The molecule has 2 atom stereocenters. The fraction of sp³-hybridized carbons (Fsp3) is 0.600. The lowest BCUT2D eigenvalue weighted by Gasteiger charge is -2.19. The highest BCUT2D eigenvalue weighted by Gasteiger charge is 2.31. The highest BCUT2D eigenvalue weighted by atomic mass is 16.5. The molecule has 2 nitrogen and oxygen atoms in total. The number of hydrogen-bond acceptors (Lipinski definition) is 2. The number of ether oxygens (including phenoxy) is 1. The zero-order valence-corrected chi connectivity index (χ0v) is 10.5. The van der Waals surface area contributed by atoms with Crippen LogP contribution in [-0.2, 0) is 6.42 Å². The third-order valence-electron chi connectivity index (χ3n) is 3.95. The van der Waals surface area contributed by atoms with Gasteiger partial charge in [-0.1, -0.05) is 25.1 Å². The van der Waals surface area contributed by atoms with Gasteiger partial charge in [0.1, 0.15) is 11.9 Å². The van der Waals surface area contributed by atoms with Crippen LogP contribution in [-0.4, -0.2) is 18.7 Å². The molecule has 1 heterocycles. The first-order valence-electron chi connectivity index (χ1n) is 6.84. The molecule has 0 bridgehead atoms. The Hall–Kier alpha value is -1.02. The molecular formula is C15H21NO. The number of rotatable bonds is 5. The quantitative estimate of drug-likeness (QED) is 0.841. The van der Waals surface area contributed by atoms with Crippen LogP contribution in [0.1, 0.15) is 31.7 Å². The number of hydrogen-bond donors (Lipinski definition) is 1. The lowest BCUT2D eigenvalue weighted by molar-refractivity contribution is 0.217. The van der Waals surface area contributed by atoms with Crippen LogP contribution in [0.3, 0.4) is 0 Å². The van der Waals surface area contributed by atoms with E-state index >= 15 is 0 Å². The molecule has 17 heavy (non-hydrogen) atoms. The summed E-state index contributed by atoms with van der Waals surface area (Å²) in [4.78, 5) is 0. The molecule has 1 N–H and O–H groups in total. The van der Waals surface area contributed by atoms with Crippen molar-refractivity contribution in [3.8, 4) is 5.75 Å². The van der Waals surface area contributed by atoms with Crippen LogP contribution in [0, 0.1) is 5.92 Å². The van der Waals surface area contributed by atoms with Crippen molar-refractivity contribution in [1.82, 2.24) is 5.32 Å². The van der Waals surface area contributed by atoms with Crippen LogP contribution in [0.4, 0.5) is 0 Å². The van der Waals surface area contributed by atoms with Crippen molar-refractivity contribution < 1.29 is 4.74 Å². The van der Waals surface area contributed by atoms with Gasteiger partial charge in [-0.2, -0.15) is 0 Å². The van der Waals surface area contributed by atoms with Crippen molar-refractivity contribution in [1.29, 1.82) is 0 Å². The molecule has 3 rings (SSSR count). The van der Waals surface area contributed by atoms with Gasteiger partial charge in [0.2, 0.25) is 0 Å². The second-order valence-corrected chi connectivity index (χ2v) is 5.31. The van der Waals surface area contributed by atoms with E-state index in [4.69, 9.17) is 4.74 Å². The summed E-state index contributed by atoms with van der Waals surface area (Å²) < 4.78 is 5.94. The third kappa shape index (κ3) is 2.47. The Bertz CT molecular complexity index is 361. The normalized spacial score (nSPS) is 24.2. The summed E-state index contributed by atoms with van der Waals surface area (Å²) in [7, 11) is 0. The minimum absolute atomic E-state index is 0.334. The van der Waals surface area contributed by atoms with Crippen molar-refractivity contribution in [2.75, 3.05) is 6.54 Å². The van der Waals surface area contributed by atoms with Gasteiger partial charge in [-0.3, -0.25) is 0 Å².